The van der Waals surface area contributed by atoms with Crippen molar-refractivity contribution in [3.8, 4) is 0 Å². The van der Waals surface area contributed by atoms with Gasteiger partial charge in [0.05, 0.1) is 5.39 Å². The van der Waals surface area contributed by atoms with Gasteiger partial charge >= 0.3 is 0 Å². The summed E-state index contributed by atoms with van der Waals surface area (Å²) in [4.78, 5) is 12.2. The monoisotopic (exact) mass is 171 g/mol. The van der Waals surface area contributed by atoms with Crippen LogP contribution in [0.2, 0.25) is 0 Å². The van der Waals surface area contributed by atoms with Crippen LogP contribution in [0.25, 0.3) is 9.40 Å². The summed E-state index contributed by atoms with van der Waals surface area (Å²) in [5, 5.41) is 0.840. The summed E-state index contributed by atoms with van der Waals surface area (Å²) in [6.45, 7) is 2.01. The minimum atomic E-state index is 0.0457. The maximum absolute atomic E-state index is 11.0. The maximum atomic E-state index is 11.0. The van der Waals surface area contributed by atoms with Crippen LogP contribution in [0.3, 0.4) is 0 Å². The molecule has 0 atom stereocenters. The highest BCUT2D eigenvalue weighted by Gasteiger charge is 2.02. The molecular weight excluding hydrogens is 166 g/mol. The number of H-pyrrole nitrogens is 1. The standard InChI is InChI=1S/C6H5NOS2/c1-3-2-4-5(8)7-10-6(4)9-3/h2H,1H3,(H,7,8). The second kappa shape index (κ2) is 1.93. The Balaban J connectivity index is 3.03. The third kappa shape index (κ3) is 0.726. The summed E-state index contributed by atoms with van der Waals surface area (Å²) in [7, 11) is 0. The molecule has 52 valence electrons. The topological polar surface area (TPSA) is 32.9 Å². The van der Waals surface area contributed by atoms with Gasteiger partial charge in [0.25, 0.3) is 5.56 Å². The lowest BCUT2D eigenvalue weighted by atomic mass is 10.4. The third-order valence-corrected chi connectivity index (χ3v) is 3.34. The fourth-order valence-electron chi connectivity index (χ4n) is 0.875. The number of nitrogens with one attached hydrogen (secondary N) is 1. The highest BCUT2D eigenvalue weighted by molar-refractivity contribution is 7.35. The fourth-order valence-corrected chi connectivity index (χ4v) is 2.85. The summed E-state index contributed by atoms with van der Waals surface area (Å²) >= 11 is 3.08. The van der Waals surface area contributed by atoms with E-state index in [1.165, 1.54) is 16.4 Å². The van der Waals surface area contributed by atoms with Crippen molar-refractivity contribution in [2.75, 3.05) is 0 Å². The van der Waals surface area contributed by atoms with Gasteiger partial charge in [0, 0.05) is 4.88 Å². The number of hydrogen-bond acceptors (Lipinski definition) is 3. The Morgan fingerprint density at radius 3 is 3.10 bits per heavy atom. The van der Waals surface area contributed by atoms with Crippen molar-refractivity contribution in [2.24, 2.45) is 0 Å². The van der Waals surface area contributed by atoms with E-state index >= 15 is 0 Å². The summed E-state index contributed by atoms with van der Waals surface area (Å²) in [6, 6.07) is 1.93. The molecule has 0 fully saturated rings. The van der Waals surface area contributed by atoms with Gasteiger partial charge in [-0.2, -0.15) is 0 Å². The number of aryl methyl sites for hydroxylation is 1. The molecular formula is C6H5NOS2. The van der Waals surface area contributed by atoms with E-state index in [1.54, 1.807) is 11.3 Å². The van der Waals surface area contributed by atoms with Crippen LogP contribution in [0.4, 0.5) is 0 Å². The first kappa shape index (κ1) is 6.12. The van der Waals surface area contributed by atoms with Crippen molar-refractivity contribution >= 4 is 32.3 Å². The van der Waals surface area contributed by atoms with Gasteiger partial charge < -0.3 is 0 Å². The minimum absolute atomic E-state index is 0.0457. The number of thiophene rings is 1. The van der Waals surface area contributed by atoms with E-state index in [2.05, 4.69) is 4.37 Å². The molecule has 0 bridgehead atoms. The van der Waals surface area contributed by atoms with Crippen LogP contribution in [0, 0.1) is 6.92 Å². The minimum Gasteiger partial charge on any atom is -0.276 e. The van der Waals surface area contributed by atoms with Crippen LogP contribution in [-0.2, 0) is 0 Å². The Morgan fingerprint density at radius 2 is 2.40 bits per heavy atom. The Morgan fingerprint density at radius 1 is 1.60 bits per heavy atom. The van der Waals surface area contributed by atoms with E-state index in [-0.39, 0.29) is 5.56 Å². The van der Waals surface area contributed by atoms with Gasteiger partial charge in [-0.15, -0.1) is 11.3 Å². The molecule has 0 unspecified atom stereocenters. The smallest absolute Gasteiger partial charge is 0.266 e. The number of fused-ring (bicyclic) bond motifs is 1. The van der Waals surface area contributed by atoms with Crippen LogP contribution >= 0.6 is 22.9 Å². The van der Waals surface area contributed by atoms with Crippen molar-refractivity contribution < 1.29 is 0 Å². The van der Waals surface area contributed by atoms with Crippen LogP contribution in [0.5, 0.6) is 0 Å². The molecule has 0 aliphatic rings. The molecule has 0 radical (unpaired) electrons. The molecule has 1 N–H and O–H groups in total. The number of aromatic nitrogens is 1. The highest BCUT2D eigenvalue weighted by atomic mass is 32.2. The van der Waals surface area contributed by atoms with Gasteiger partial charge in [-0.1, -0.05) is 0 Å². The molecule has 0 saturated carbocycles. The maximum Gasteiger partial charge on any atom is 0.266 e. The number of hydrogen-bond donors (Lipinski definition) is 1. The molecule has 2 aromatic rings. The molecule has 0 aliphatic heterocycles. The lowest BCUT2D eigenvalue weighted by Gasteiger charge is -1.70. The SMILES string of the molecule is Cc1cc2c(=O)[nH]sc2s1. The average molecular weight is 171 g/mol. The predicted molar refractivity (Wildman–Crippen MR) is 45.1 cm³/mol. The van der Waals surface area contributed by atoms with Crippen molar-refractivity contribution in [1.29, 1.82) is 0 Å². The van der Waals surface area contributed by atoms with E-state index in [1.807, 2.05) is 13.0 Å². The van der Waals surface area contributed by atoms with Crippen LogP contribution < -0.4 is 5.56 Å². The molecule has 2 rings (SSSR count). The molecule has 0 amide bonds. The second-order valence-electron chi connectivity index (χ2n) is 2.09. The van der Waals surface area contributed by atoms with Gasteiger partial charge in [0.2, 0.25) is 0 Å². The van der Waals surface area contributed by atoms with Gasteiger partial charge in [-0.3, -0.25) is 9.17 Å². The quantitative estimate of drug-likeness (QED) is 0.645. The first-order valence-corrected chi connectivity index (χ1v) is 4.48. The molecule has 0 aliphatic carbocycles. The number of rotatable bonds is 0. The van der Waals surface area contributed by atoms with E-state index < -0.39 is 0 Å². The average Bonchev–Trinajstić information content (AvgIpc) is 2.35. The normalized spacial score (nSPS) is 10.9. The summed E-state index contributed by atoms with van der Waals surface area (Å²) < 4.78 is 3.78. The molecule has 0 aromatic carbocycles. The van der Waals surface area contributed by atoms with Crippen molar-refractivity contribution in [1.82, 2.24) is 4.37 Å². The van der Waals surface area contributed by atoms with Crippen LogP contribution in [-0.4, -0.2) is 4.37 Å². The van der Waals surface area contributed by atoms with Gasteiger partial charge in [0.1, 0.15) is 4.01 Å². The number of aromatic amines is 1. The second-order valence-corrected chi connectivity index (χ2v) is 4.42. The molecule has 2 aromatic heterocycles. The zero-order valence-corrected chi connectivity index (χ0v) is 6.94. The van der Waals surface area contributed by atoms with E-state index in [0.29, 0.717) is 0 Å². The Labute approximate surface area is 65.3 Å². The van der Waals surface area contributed by atoms with E-state index in [0.717, 1.165) is 9.40 Å². The largest absolute Gasteiger partial charge is 0.276 e. The first-order valence-electron chi connectivity index (χ1n) is 2.85. The summed E-state index contributed by atoms with van der Waals surface area (Å²) in [6.07, 6.45) is 0. The van der Waals surface area contributed by atoms with Crippen LogP contribution in [0.1, 0.15) is 4.88 Å². The van der Waals surface area contributed by atoms with Gasteiger partial charge in [0.15, 0.2) is 0 Å². The molecule has 2 heterocycles. The van der Waals surface area contributed by atoms with Crippen molar-refractivity contribution in [3.63, 3.8) is 0 Å². The first-order chi connectivity index (χ1) is 4.77. The molecule has 0 saturated heterocycles. The summed E-state index contributed by atoms with van der Waals surface area (Å²) in [5.74, 6) is 0. The Bertz CT molecular complexity index is 408. The highest BCUT2D eigenvalue weighted by Crippen LogP contribution is 2.24. The Kier molecular flexibility index (Phi) is 1.18. The van der Waals surface area contributed by atoms with Gasteiger partial charge in [-0.25, -0.2) is 0 Å². The predicted octanol–water partition coefficient (Wildman–Crippen LogP) is 1.96. The van der Waals surface area contributed by atoms with Crippen molar-refractivity contribution in [2.45, 2.75) is 6.92 Å². The zero-order chi connectivity index (χ0) is 7.14. The fraction of sp³-hybridized carbons (Fsp3) is 0.167. The Hall–Kier alpha value is -0.610. The lowest BCUT2D eigenvalue weighted by Crippen LogP contribution is -1.94. The molecule has 10 heavy (non-hydrogen) atoms. The molecule has 4 heteroatoms. The van der Waals surface area contributed by atoms with Gasteiger partial charge in [-0.05, 0) is 24.5 Å². The molecule has 0 spiro atoms. The van der Waals surface area contributed by atoms with Crippen LogP contribution in [0.15, 0.2) is 10.9 Å². The van der Waals surface area contributed by atoms with E-state index in [4.69, 9.17) is 0 Å². The summed E-state index contributed by atoms with van der Waals surface area (Å²) in [5.41, 5.74) is 0.0457. The lowest BCUT2D eigenvalue weighted by molar-refractivity contribution is 1.46. The third-order valence-electron chi connectivity index (χ3n) is 1.30. The zero-order valence-electron chi connectivity index (χ0n) is 5.30. The van der Waals surface area contributed by atoms with E-state index in [9.17, 15) is 4.79 Å². The van der Waals surface area contributed by atoms with Crippen molar-refractivity contribution in [3.05, 3.63) is 21.3 Å². The molecule has 2 nitrogen and oxygen atoms in total.